The Kier molecular flexibility index (Phi) is 6.73. The van der Waals surface area contributed by atoms with Crippen LogP contribution in [0.1, 0.15) is 26.1 Å². The van der Waals surface area contributed by atoms with Gasteiger partial charge in [0.2, 0.25) is 17.4 Å². The summed E-state index contributed by atoms with van der Waals surface area (Å²) in [4.78, 5) is 25.7. The van der Waals surface area contributed by atoms with E-state index in [1.54, 1.807) is 16.7 Å². The van der Waals surface area contributed by atoms with Crippen LogP contribution in [-0.4, -0.2) is 46.4 Å². The fourth-order valence-corrected chi connectivity index (χ4v) is 4.70. The highest BCUT2D eigenvalue weighted by Gasteiger charge is 2.19. The second-order valence-corrected chi connectivity index (χ2v) is 9.07. The van der Waals surface area contributed by atoms with Crippen LogP contribution in [0.15, 0.2) is 28.4 Å². The minimum atomic E-state index is -0.205. The standard InChI is InChI=1S/C23H27N5O5S/c1-13(2)12-27-22(30)21-15(8-9-34-21)28-18(25-26-23(27)28)6-7-19(29)24-14-10-16(31-3)20(33-5)17(11-14)32-4/h8-11,13H,6-7,12H2,1-5H3,(H,24,29). The summed E-state index contributed by atoms with van der Waals surface area (Å²) >= 11 is 1.40. The topological polar surface area (TPSA) is 109 Å². The number of benzene rings is 1. The van der Waals surface area contributed by atoms with E-state index >= 15 is 0 Å². The Hall–Kier alpha value is -3.60. The van der Waals surface area contributed by atoms with Gasteiger partial charge in [0.25, 0.3) is 5.56 Å². The van der Waals surface area contributed by atoms with Crippen LogP contribution in [0, 0.1) is 5.92 Å². The van der Waals surface area contributed by atoms with Crippen LogP contribution in [0.5, 0.6) is 17.2 Å². The summed E-state index contributed by atoms with van der Waals surface area (Å²) in [6.45, 7) is 4.63. The Labute approximate surface area is 200 Å². The molecular weight excluding hydrogens is 458 g/mol. The molecule has 180 valence electrons. The number of ether oxygens (including phenoxy) is 3. The third-order valence-corrected chi connectivity index (χ3v) is 6.24. The summed E-state index contributed by atoms with van der Waals surface area (Å²) in [5.41, 5.74) is 1.22. The maximum Gasteiger partial charge on any atom is 0.272 e. The van der Waals surface area contributed by atoms with Crippen LogP contribution in [0.25, 0.3) is 16.0 Å². The molecule has 0 bridgehead atoms. The Morgan fingerprint density at radius 3 is 2.44 bits per heavy atom. The van der Waals surface area contributed by atoms with Gasteiger partial charge in [0.05, 0.1) is 26.8 Å². The fraction of sp³-hybridized carbons (Fsp3) is 0.391. The highest BCUT2D eigenvalue weighted by molar-refractivity contribution is 7.17. The van der Waals surface area contributed by atoms with Crippen LogP contribution in [0.2, 0.25) is 0 Å². The van der Waals surface area contributed by atoms with Crippen LogP contribution >= 0.6 is 11.3 Å². The molecule has 3 heterocycles. The van der Waals surface area contributed by atoms with E-state index in [0.29, 0.717) is 52.2 Å². The molecule has 1 N–H and O–H groups in total. The first-order valence-corrected chi connectivity index (χ1v) is 11.7. The molecule has 0 fully saturated rings. The molecule has 11 heteroatoms. The van der Waals surface area contributed by atoms with Crippen molar-refractivity contribution in [3.63, 3.8) is 0 Å². The third-order valence-electron chi connectivity index (χ3n) is 5.35. The minimum Gasteiger partial charge on any atom is -0.493 e. The van der Waals surface area contributed by atoms with Crippen LogP contribution in [0.3, 0.4) is 0 Å². The molecule has 0 unspecified atom stereocenters. The van der Waals surface area contributed by atoms with E-state index in [9.17, 15) is 9.59 Å². The number of nitrogens with one attached hydrogen (secondary N) is 1. The number of methoxy groups -OCH3 is 3. The van der Waals surface area contributed by atoms with Crippen LogP contribution in [-0.2, 0) is 17.8 Å². The zero-order chi connectivity index (χ0) is 24.4. The zero-order valence-electron chi connectivity index (χ0n) is 19.7. The normalized spacial score (nSPS) is 11.4. The van der Waals surface area contributed by atoms with Crippen molar-refractivity contribution in [3.8, 4) is 17.2 Å². The largest absolute Gasteiger partial charge is 0.493 e. The molecule has 0 aliphatic rings. The van der Waals surface area contributed by atoms with E-state index in [0.717, 1.165) is 5.52 Å². The number of aromatic nitrogens is 4. The summed E-state index contributed by atoms with van der Waals surface area (Å²) < 4.78 is 20.2. The Morgan fingerprint density at radius 2 is 1.82 bits per heavy atom. The molecule has 0 radical (unpaired) electrons. The van der Waals surface area contributed by atoms with Gasteiger partial charge in [-0.25, -0.2) is 0 Å². The van der Waals surface area contributed by atoms with Crippen molar-refractivity contribution in [1.82, 2.24) is 19.2 Å². The highest BCUT2D eigenvalue weighted by atomic mass is 32.1. The lowest BCUT2D eigenvalue weighted by Crippen LogP contribution is -2.24. The van der Waals surface area contributed by atoms with Gasteiger partial charge >= 0.3 is 0 Å². The Morgan fingerprint density at radius 1 is 1.12 bits per heavy atom. The molecule has 1 aromatic carbocycles. The van der Waals surface area contributed by atoms with Gasteiger partial charge in [0.1, 0.15) is 10.5 Å². The molecule has 3 aromatic heterocycles. The van der Waals surface area contributed by atoms with E-state index < -0.39 is 0 Å². The van der Waals surface area contributed by atoms with Gasteiger partial charge in [-0.1, -0.05) is 13.8 Å². The molecule has 4 aromatic rings. The average molecular weight is 486 g/mol. The van der Waals surface area contributed by atoms with Gasteiger partial charge in [-0.2, -0.15) is 0 Å². The van der Waals surface area contributed by atoms with Crippen molar-refractivity contribution in [1.29, 1.82) is 0 Å². The predicted octanol–water partition coefficient (Wildman–Crippen LogP) is 3.36. The number of carbonyl (C=O) groups is 1. The van der Waals surface area contributed by atoms with E-state index in [2.05, 4.69) is 15.5 Å². The third kappa shape index (κ3) is 4.30. The number of anilines is 1. The molecule has 0 saturated carbocycles. The number of amides is 1. The van der Waals surface area contributed by atoms with Crippen molar-refractivity contribution < 1.29 is 19.0 Å². The molecule has 0 atom stereocenters. The first-order valence-electron chi connectivity index (χ1n) is 10.8. The number of hydrogen-bond donors (Lipinski definition) is 1. The summed E-state index contributed by atoms with van der Waals surface area (Å²) in [5.74, 6) is 2.52. The molecule has 10 nitrogen and oxygen atoms in total. The van der Waals surface area contributed by atoms with Gasteiger partial charge in [-0.15, -0.1) is 21.5 Å². The number of fused-ring (bicyclic) bond motifs is 3. The van der Waals surface area contributed by atoms with E-state index in [1.165, 1.54) is 32.7 Å². The Balaban J connectivity index is 1.59. The van der Waals surface area contributed by atoms with Crippen LogP contribution in [0.4, 0.5) is 5.69 Å². The molecule has 0 aliphatic carbocycles. The van der Waals surface area contributed by atoms with Gasteiger partial charge in [-0.05, 0) is 17.4 Å². The number of nitrogens with zero attached hydrogens (tertiary/aromatic N) is 4. The summed E-state index contributed by atoms with van der Waals surface area (Å²) in [6.07, 6.45) is 0.522. The quantitative estimate of drug-likeness (QED) is 0.387. The molecular formula is C23H27N5O5S. The minimum absolute atomic E-state index is 0.0645. The van der Waals surface area contributed by atoms with E-state index in [4.69, 9.17) is 14.2 Å². The summed E-state index contributed by atoms with van der Waals surface area (Å²) in [6, 6.07) is 5.23. The number of rotatable bonds is 9. The fourth-order valence-electron chi connectivity index (χ4n) is 3.87. The van der Waals surface area contributed by atoms with Crippen molar-refractivity contribution in [2.75, 3.05) is 26.6 Å². The monoisotopic (exact) mass is 485 g/mol. The lowest BCUT2D eigenvalue weighted by atomic mass is 10.2. The second-order valence-electron chi connectivity index (χ2n) is 8.16. The molecule has 34 heavy (non-hydrogen) atoms. The Bertz CT molecular complexity index is 1380. The lowest BCUT2D eigenvalue weighted by Gasteiger charge is -2.14. The number of aryl methyl sites for hydroxylation is 1. The van der Waals surface area contributed by atoms with Gasteiger partial charge in [0, 0.05) is 37.2 Å². The second kappa shape index (κ2) is 9.72. The lowest BCUT2D eigenvalue weighted by molar-refractivity contribution is -0.116. The molecule has 0 spiro atoms. The van der Waals surface area contributed by atoms with Crippen LogP contribution < -0.4 is 25.1 Å². The van der Waals surface area contributed by atoms with E-state index in [-0.39, 0.29) is 23.8 Å². The molecule has 4 rings (SSSR count). The predicted molar refractivity (Wildman–Crippen MR) is 131 cm³/mol. The van der Waals surface area contributed by atoms with Crippen molar-refractivity contribution in [2.45, 2.75) is 33.2 Å². The highest BCUT2D eigenvalue weighted by Crippen LogP contribution is 2.40. The summed E-state index contributed by atoms with van der Waals surface area (Å²) in [5, 5.41) is 13.4. The first-order chi connectivity index (χ1) is 16.4. The van der Waals surface area contributed by atoms with Crippen molar-refractivity contribution in [2.24, 2.45) is 5.92 Å². The number of carbonyl (C=O) groups excluding carboxylic acids is 1. The van der Waals surface area contributed by atoms with Crippen molar-refractivity contribution in [3.05, 3.63) is 39.8 Å². The van der Waals surface area contributed by atoms with Gasteiger partial charge in [0.15, 0.2) is 11.5 Å². The van der Waals surface area contributed by atoms with Gasteiger partial charge < -0.3 is 19.5 Å². The van der Waals surface area contributed by atoms with Crippen molar-refractivity contribution >= 4 is 38.9 Å². The maximum atomic E-state index is 13.0. The molecule has 1 amide bonds. The SMILES string of the molecule is COc1cc(NC(=O)CCc2nnc3n(CC(C)C)c(=O)c4sccc4n23)cc(OC)c1OC. The van der Waals surface area contributed by atoms with E-state index in [1.807, 2.05) is 29.7 Å². The average Bonchev–Trinajstić information content (AvgIpc) is 3.46. The number of hydrogen-bond acceptors (Lipinski definition) is 8. The van der Waals surface area contributed by atoms with Gasteiger partial charge in [-0.3, -0.25) is 18.6 Å². The number of thiophene rings is 1. The first kappa shape index (κ1) is 23.6. The zero-order valence-corrected chi connectivity index (χ0v) is 20.6. The molecule has 0 saturated heterocycles. The maximum absolute atomic E-state index is 13.0. The molecule has 0 aliphatic heterocycles. The summed E-state index contributed by atoms with van der Waals surface area (Å²) in [7, 11) is 4.55. The smallest absolute Gasteiger partial charge is 0.272 e.